The third-order valence-electron chi connectivity index (χ3n) is 4.75. The Kier molecular flexibility index (Phi) is 6.00. The lowest BCUT2D eigenvalue weighted by Gasteiger charge is -2.28. The molecule has 2 heterocycles. The number of nitrogens with one attached hydrogen (secondary N) is 2. The third kappa shape index (κ3) is 4.28. The van der Waals surface area contributed by atoms with Crippen molar-refractivity contribution in [3.63, 3.8) is 0 Å². The zero-order chi connectivity index (χ0) is 17.2. The summed E-state index contributed by atoms with van der Waals surface area (Å²) >= 11 is 0. The van der Waals surface area contributed by atoms with E-state index in [1.165, 1.54) is 18.4 Å². The maximum absolute atomic E-state index is 5.75. The van der Waals surface area contributed by atoms with Crippen molar-refractivity contribution in [3.8, 4) is 5.75 Å². The van der Waals surface area contributed by atoms with Crippen LogP contribution in [0.2, 0.25) is 0 Å². The van der Waals surface area contributed by atoms with E-state index in [0.717, 1.165) is 29.8 Å². The molecule has 1 unspecified atom stereocenters. The summed E-state index contributed by atoms with van der Waals surface area (Å²) in [5.41, 5.74) is 1.19. The first-order valence-electron chi connectivity index (χ1n) is 8.85. The molecule has 4 rings (SSSR count). The van der Waals surface area contributed by atoms with Gasteiger partial charge in [-0.05, 0) is 25.8 Å². The highest BCUT2D eigenvalue weighted by Crippen LogP contribution is 2.31. The molecule has 1 aromatic heterocycles. The number of aryl methyl sites for hydroxylation is 1. The van der Waals surface area contributed by atoms with Crippen LogP contribution in [0, 0.1) is 6.92 Å². The molecule has 1 aliphatic carbocycles. The number of aromatic nitrogens is 3. The smallest absolute Gasteiger partial charge is 0.192 e. The van der Waals surface area contributed by atoms with Gasteiger partial charge in [-0.1, -0.05) is 18.2 Å². The van der Waals surface area contributed by atoms with Crippen LogP contribution in [0.5, 0.6) is 5.75 Å². The Morgan fingerprint density at radius 1 is 1.23 bits per heavy atom. The number of fused-ring (bicyclic) bond motifs is 1. The molecule has 0 saturated heterocycles. The first-order valence-corrected chi connectivity index (χ1v) is 8.85. The topological polar surface area (TPSA) is 76.4 Å². The number of benzene rings is 1. The van der Waals surface area contributed by atoms with Gasteiger partial charge in [-0.2, -0.15) is 0 Å². The van der Waals surface area contributed by atoms with Crippen LogP contribution in [0.25, 0.3) is 0 Å². The van der Waals surface area contributed by atoms with Gasteiger partial charge in [0, 0.05) is 25.1 Å². The first-order chi connectivity index (χ1) is 12.2. The maximum atomic E-state index is 5.75. The third-order valence-corrected chi connectivity index (χ3v) is 4.75. The molecule has 0 amide bonds. The number of hydrogen-bond acceptors (Lipinski definition) is 4. The Bertz CT molecular complexity index is 786. The maximum Gasteiger partial charge on any atom is 0.192 e. The fourth-order valence-electron chi connectivity index (χ4n) is 2.95. The van der Waals surface area contributed by atoms with Crippen molar-refractivity contribution in [1.82, 2.24) is 25.4 Å². The van der Waals surface area contributed by atoms with Gasteiger partial charge >= 0.3 is 0 Å². The van der Waals surface area contributed by atoms with E-state index in [0.29, 0.717) is 19.2 Å². The van der Waals surface area contributed by atoms with E-state index in [4.69, 9.17) is 9.73 Å². The van der Waals surface area contributed by atoms with Gasteiger partial charge in [-0.25, -0.2) is 4.99 Å². The predicted molar refractivity (Wildman–Crippen MR) is 111 cm³/mol. The second kappa shape index (κ2) is 8.24. The highest BCUT2D eigenvalue weighted by molar-refractivity contribution is 14.0. The van der Waals surface area contributed by atoms with Crippen molar-refractivity contribution >= 4 is 29.9 Å². The molecule has 0 bridgehead atoms. The molecule has 1 atom stereocenters. The number of rotatable bonds is 4. The Morgan fingerprint density at radius 3 is 2.77 bits per heavy atom. The number of halogens is 1. The van der Waals surface area contributed by atoms with E-state index in [-0.39, 0.29) is 30.0 Å². The fraction of sp³-hybridized carbons (Fsp3) is 0.500. The summed E-state index contributed by atoms with van der Waals surface area (Å²) in [7, 11) is 1.97. The zero-order valence-corrected chi connectivity index (χ0v) is 17.4. The van der Waals surface area contributed by atoms with E-state index < -0.39 is 0 Å². The molecule has 1 fully saturated rings. The van der Waals surface area contributed by atoms with E-state index in [2.05, 4.69) is 33.0 Å². The van der Waals surface area contributed by atoms with Gasteiger partial charge in [0.15, 0.2) is 11.8 Å². The predicted octanol–water partition coefficient (Wildman–Crippen LogP) is 2.46. The Labute approximate surface area is 170 Å². The summed E-state index contributed by atoms with van der Waals surface area (Å²) in [6, 6.07) is 8.94. The van der Waals surface area contributed by atoms with E-state index in [9.17, 15) is 0 Å². The van der Waals surface area contributed by atoms with Gasteiger partial charge in [0.1, 0.15) is 18.1 Å². The van der Waals surface area contributed by atoms with Crippen LogP contribution in [0.15, 0.2) is 29.3 Å². The molecule has 0 spiro atoms. The van der Waals surface area contributed by atoms with Crippen LogP contribution in [-0.2, 0) is 13.6 Å². The minimum absolute atomic E-state index is 0. The molecule has 7 nitrogen and oxygen atoms in total. The van der Waals surface area contributed by atoms with Crippen LogP contribution < -0.4 is 15.4 Å². The van der Waals surface area contributed by atoms with Crippen molar-refractivity contribution < 1.29 is 4.74 Å². The number of para-hydroxylation sites is 1. The lowest BCUT2D eigenvalue weighted by atomic mass is 10.0. The van der Waals surface area contributed by atoms with Crippen LogP contribution in [0.4, 0.5) is 0 Å². The van der Waals surface area contributed by atoms with Gasteiger partial charge in [-0.15, -0.1) is 34.2 Å². The highest BCUT2D eigenvalue weighted by atomic mass is 127. The van der Waals surface area contributed by atoms with Crippen molar-refractivity contribution in [1.29, 1.82) is 0 Å². The van der Waals surface area contributed by atoms with Gasteiger partial charge in [0.25, 0.3) is 0 Å². The molecular formula is C18H25IN6O. The fourth-order valence-corrected chi connectivity index (χ4v) is 2.95. The second-order valence-electron chi connectivity index (χ2n) is 6.68. The Balaban J connectivity index is 0.00000196. The normalized spacial score (nSPS) is 19.2. The number of hydrogen-bond donors (Lipinski definition) is 2. The Hall–Kier alpha value is -1.84. The summed E-state index contributed by atoms with van der Waals surface area (Å²) in [5.74, 6) is 3.56. The molecule has 8 heteroatoms. The average molecular weight is 468 g/mol. The summed E-state index contributed by atoms with van der Waals surface area (Å²) in [6.45, 7) is 3.17. The number of ether oxygens (including phenoxy) is 1. The van der Waals surface area contributed by atoms with Crippen molar-refractivity contribution in [2.24, 2.45) is 12.0 Å². The lowest BCUT2D eigenvalue weighted by molar-refractivity contribution is 0.261. The Morgan fingerprint density at radius 2 is 2.04 bits per heavy atom. The summed E-state index contributed by atoms with van der Waals surface area (Å²) < 4.78 is 7.73. The van der Waals surface area contributed by atoms with E-state index in [1.54, 1.807) is 0 Å². The standard InChI is InChI=1S/C18H24N6O.HI/c1-12-22-23-17(24(12)2)11-19-18(20-13-7-8-13)21-15-9-10-25-16-6-4-3-5-14(15)16;/h3-6,13,15H,7-11H2,1-2H3,(H2,19,20,21);1H. The molecule has 1 aromatic carbocycles. The molecule has 1 saturated carbocycles. The molecule has 140 valence electrons. The molecular weight excluding hydrogens is 443 g/mol. The monoisotopic (exact) mass is 468 g/mol. The van der Waals surface area contributed by atoms with Gasteiger partial charge in [0.2, 0.25) is 0 Å². The van der Waals surface area contributed by atoms with Crippen molar-refractivity contribution in [2.45, 2.75) is 44.8 Å². The minimum atomic E-state index is 0. The van der Waals surface area contributed by atoms with Gasteiger partial charge < -0.3 is 19.9 Å². The molecule has 26 heavy (non-hydrogen) atoms. The first kappa shape index (κ1) is 18.9. The summed E-state index contributed by atoms with van der Waals surface area (Å²) in [4.78, 5) is 4.75. The number of aliphatic imine (C=N–C) groups is 1. The minimum Gasteiger partial charge on any atom is -0.493 e. The van der Waals surface area contributed by atoms with Crippen LogP contribution in [-0.4, -0.2) is 33.4 Å². The molecule has 2 N–H and O–H groups in total. The number of nitrogens with zero attached hydrogens (tertiary/aromatic N) is 4. The van der Waals surface area contributed by atoms with Gasteiger partial charge in [0.05, 0.1) is 12.6 Å². The largest absolute Gasteiger partial charge is 0.493 e. The summed E-state index contributed by atoms with van der Waals surface area (Å²) in [5, 5.41) is 15.4. The number of guanidine groups is 1. The molecule has 2 aliphatic rings. The van der Waals surface area contributed by atoms with Crippen LogP contribution >= 0.6 is 24.0 Å². The second-order valence-corrected chi connectivity index (χ2v) is 6.68. The quantitative estimate of drug-likeness (QED) is 0.410. The lowest BCUT2D eigenvalue weighted by Crippen LogP contribution is -2.42. The van der Waals surface area contributed by atoms with Gasteiger partial charge in [-0.3, -0.25) is 0 Å². The van der Waals surface area contributed by atoms with Crippen molar-refractivity contribution in [3.05, 3.63) is 41.5 Å². The molecule has 2 aromatic rings. The van der Waals surface area contributed by atoms with E-state index >= 15 is 0 Å². The molecule has 1 aliphatic heterocycles. The van der Waals surface area contributed by atoms with Crippen LogP contribution in [0.1, 0.15) is 42.5 Å². The summed E-state index contributed by atoms with van der Waals surface area (Å²) in [6.07, 6.45) is 3.33. The molecule has 0 radical (unpaired) electrons. The average Bonchev–Trinajstić information content (AvgIpc) is 3.39. The van der Waals surface area contributed by atoms with Crippen molar-refractivity contribution in [2.75, 3.05) is 6.61 Å². The SMILES string of the molecule is Cc1nnc(CN=C(NC2CC2)NC2CCOc3ccccc32)n1C.I. The zero-order valence-electron chi connectivity index (χ0n) is 15.1. The highest BCUT2D eigenvalue weighted by Gasteiger charge is 2.26. The van der Waals surface area contributed by atoms with E-state index in [1.807, 2.05) is 30.7 Å². The van der Waals surface area contributed by atoms with Crippen LogP contribution in [0.3, 0.4) is 0 Å².